The van der Waals surface area contributed by atoms with Gasteiger partial charge in [-0.25, -0.2) is 4.39 Å². The van der Waals surface area contributed by atoms with Gasteiger partial charge < -0.3 is 24.6 Å². The normalized spacial score (nSPS) is 37.2. The first-order chi connectivity index (χ1) is 11.7. The fourth-order valence-electron chi connectivity index (χ4n) is 4.33. The first-order valence-electron chi connectivity index (χ1n) is 8.76. The van der Waals surface area contributed by atoms with E-state index in [-0.39, 0.29) is 30.2 Å². The SMILES string of the molecule is OC12CCCOC1C(C1OCCO1)CC[C@@H]2Nc1ccc(F)cc1. The molecule has 0 radical (unpaired) electrons. The minimum absolute atomic E-state index is 0.0454. The monoisotopic (exact) mass is 337 g/mol. The summed E-state index contributed by atoms with van der Waals surface area (Å²) in [5.74, 6) is -0.221. The van der Waals surface area contributed by atoms with Crippen molar-refractivity contribution >= 4 is 5.69 Å². The molecule has 4 rings (SSSR count). The van der Waals surface area contributed by atoms with Crippen molar-refractivity contribution in [3.8, 4) is 0 Å². The minimum Gasteiger partial charge on any atom is -0.385 e. The molecule has 5 nitrogen and oxygen atoms in total. The van der Waals surface area contributed by atoms with Gasteiger partial charge in [-0.05, 0) is 49.9 Å². The predicted octanol–water partition coefficient (Wildman–Crippen LogP) is 2.30. The Morgan fingerprint density at radius 3 is 2.54 bits per heavy atom. The zero-order valence-electron chi connectivity index (χ0n) is 13.6. The Hall–Kier alpha value is -1.21. The molecule has 6 heteroatoms. The van der Waals surface area contributed by atoms with Gasteiger partial charge in [-0.15, -0.1) is 0 Å². The van der Waals surface area contributed by atoms with Gasteiger partial charge in [-0.2, -0.15) is 0 Å². The van der Waals surface area contributed by atoms with Crippen molar-refractivity contribution < 1.29 is 23.7 Å². The maximum atomic E-state index is 13.1. The lowest BCUT2D eigenvalue weighted by Gasteiger charge is -2.52. The number of anilines is 1. The molecule has 2 N–H and O–H groups in total. The van der Waals surface area contributed by atoms with E-state index in [4.69, 9.17) is 14.2 Å². The average molecular weight is 337 g/mol. The summed E-state index contributed by atoms with van der Waals surface area (Å²) in [6.07, 6.45) is 2.57. The van der Waals surface area contributed by atoms with Crippen molar-refractivity contribution in [1.29, 1.82) is 0 Å². The molecule has 1 aliphatic carbocycles. The number of benzene rings is 1. The summed E-state index contributed by atoms with van der Waals surface area (Å²) in [7, 11) is 0. The second-order valence-corrected chi connectivity index (χ2v) is 6.94. The third kappa shape index (κ3) is 2.92. The summed E-state index contributed by atoms with van der Waals surface area (Å²) >= 11 is 0. The van der Waals surface area contributed by atoms with Gasteiger partial charge in [0.1, 0.15) is 11.4 Å². The van der Waals surface area contributed by atoms with Crippen LogP contribution in [0.2, 0.25) is 0 Å². The van der Waals surface area contributed by atoms with Crippen LogP contribution in [0.1, 0.15) is 25.7 Å². The van der Waals surface area contributed by atoms with Crippen molar-refractivity contribution in [1.82, 2.24) is 0 Å². The van der Waals surface area contributed by atoms with Gasteiger partial charge in [-0.3, -0.25) is 0 Å². The molecule has 3 fully saturated rings. The smallest absolute Gasteiger partial charge is 0.163 e. The summed E-state index contributed by atoms with van der Waals surface area (Å²) in [5, 5.41) is 14.8. The molecule has 3 unspecified atom stereocenters. The highest BCUT2D eigenvalue weighted by Crippen LogP contribution is 2.44. The first-order valence-corrected chi connectivity index (χ1v) is 8.76. The Kier molecular flexibility index (Phi) is 4.47. The fraction of sp³-hybridized carbons (Fsp3) is 0.667. The van der Waals surface area contributed by atoms with Crippen LogP contribution in [0.3, 0.4) is 0 Å². The van der Waals surface area contributed by atoms with E-state index in [2.05, 4.69) is 5.32 Å². The van der Waals surface area contributed by atoms with Crippen LogP contribution in [0.5, 0.6) is 0 Å². The summed E-state index contributed by atoms with van der Waals surface area (Å²) < 4.78 is 30.5. The van der Waals surface area contributed by atoms with E-state index in [9.17, 15) is 9.50 Å². The van der Waals surface area contributed by atoms with E-state index in [0.717, 1.165) is 24.9 Å². The molecule has 2 saturated heterocycles. The minimum atomic E-state index is -0.967. The number of nitrogens with one attached hydrogen (secondary N) is 1. The van der Waals surface area contributed by atoms with Gasteiger partial charge in [0.25, 0.3) is 0 Å². The first kappa shape index (κ1) is 16.3. The molecule has 4 atom stereocenters. The number of rotatable bonds is 3. The van der Waals surface area contributed by atoms with Crippen molar-refractivity contribution in [2.45, 2.75) is 49.7 Å². The van der Waals surface area contributed by atoms with E-state index < -0.39 is 5.60 Å². The topological polar surface area (TPSA) is 60.0 Å². The number of hydrogen-bond acceptors (Lipinski definition) is 5. The zero-order chi connectivity index (χ0) is 16.6. The molecule has 0 amide bonds. The number of halogens is 1. The van der Waals surface area contributed by atoms with Crippen molar-refractivity contribution in [3.05, 3.63) is 30.1 Å². The number of hydrogen-bond donors (Lipinski definition) is 2. The van der Waals surface area contributed by atoms with Crippen LogP contribution in [0.15, 0.2) is 24.3 Å². The molecule has 1 aromatic rings. The second-order valence-electron chi connectivity index (χ2n) is 6.94. The quantitative estimate of drug-likeness (QED) is 0.886. The Morgan fingerprint density at radius 1 is 1.04 bits per heavy atom. The Morgan fingerprint density at radius 2 is 1.79 bits per heavy atom. The van der Waals surface area contributed by atoms with E-state index in [1.165, 1.54) is 12.1 Å². The number of fused-ring (bicyclic) bond motifs is 1. The molecule has 1 aromatic carbocycles. The molecular formula is C18H24FNO4. The highest BCUT2D eigenvalue weighted by Gasteiger charge is 2.55. The highest BCUT2D eigenvalue weighted by atomic mass is 19.1. The van der Waals surface area contributed by atoms with Crippen LogP contribution in [-0.4, -0.2) is 49.0 Å². The highest BCUT2D eigenvalue weighted by molar-refractivity contribution is 5.45. The van der Waals surface area contributed by atoms with Crippen LogP contribution in [0, 0.1) is 11.7 Å². The molecule has 1 saturated carbocycles. The molecule has 3 aliphatic rings. The van der Waals surface area contributed by atoms with E-state index in [0.29, 0.717) is 26.2 Å². The molecular weight excluding hydrogens is 313 g/mol. The van der Waals surface area contributed by atoms with Crippen LogP contribution in [0.4, 0.5) is 10.1 Å². The van der Waals surface area contributed by atoms with Gasteiger partial charge in [-0.1, -0.05) is 0 Å². The van der Waals surface area contributed by atoms with Crippen LogP contribution in [0.25, 0.3) is 0 Å². The molecule has 0 aromatic heterocycles. The van der Waals surface area contributed by atoms with E-state index in [1.54, 1.807) is 12.1 Å². The maximum Gasteiger partial charge on any atom is 0.163 e. The summed E-state index contributed by atoms with van der Waals surface area (Å²) in [5.41, 5.74) is -0.156. The van der Waals surface area contributed by atoms with Crippen molar-refractivity contribution in [2.75, 3.05) is 25.1 Å². The van der Waals surface area contributed by atoms with Crippen molar-refractivity contribution in [2.24, 2.45) is 5.92 Å². The molecule has 2 aliphatic heterocycles. The van der Waals surface area contributed by atoms with Gasteiger partial charge in [0.05, 0.1) is 25.4 Å². The molecule has 24 heavy (non-hydrogen) atoms. The molecule has 0 bridgehead atoms. The lowest BCUT2D eigenvalue weighted by Crippen LogP contribution is -2.65. The van der Waals surface area contributed by atoms with E-state index >= 15 is 0 Å². The Labute approximate surface area is 141 Å². The van der Waals surface area contributed by atoms with Gasteiger partial charge in [0, 0.05) is 18.2 Å². The molecule has 2 heterocycles. The lowest BCUT2D eigenvalue weighted by atomic mass is 9.68. The molecule has 132 valence electrons. The van der Waals surface area contributed by atoms with Gasteiger partial charge >= 0.3 is 0 Å². The third-order valence-corrected chi connectivity index (χ3v) is 5.47. The van der Waals surface area contributed by atoms with Crippen LogP contribution in [-0.2, 0) is 14.2 Å². The number of aliphatic hydroxyl groups is 1. The zero-order valence-corrected chi connectivity index (χ0v) is 13.6. The van der Waals surface area contributed by atoms with Crippen LogP contribution < -0.4 is 5.32 Å². The van der Waals surface area contributed by atoms with E-state index in [1.807, 2.05) is 0 Å². The fourth-order valence-corrected chi connectivity index (χ4v) is 4.33. The number of ether oxygens (including phenoxy) is 3. The maximum absolute atomic E-state index is 13.1. The Bertz CT molecular complexity index is 563. The molecule has 0 spiro atoms. The second kappa shape index (κ2) is 6.59. The van der Waals surface area contributed by atoms with Crippen LogP contribution >= 0.6 is 0 Å². The standard InChI is InChI=1S/C18H24FNO4/c19-12-2-4-13(5-3-12)20-15-7-6-14(17-23-10-11-24-17)16-18(15,21)8-1-9-22-16/h2-5,14-17,20-21H,1,6-11H2/t14?,15-,16?,18?/m0/s1. The summed E-state index contributed by atoms with van der Waals surface area (Å²) in [4.78, 5) is 0. The largest absolute Gasteiger partial charge is 0.385 e. The summed E-state index contributed by atoms with van der Waals surface area (Å²) in [6, 6.07) is 6.12. The Balaban J connectivity index is 1.54. The van der Waals surface area contributed by atoms with Gasteiger partial charge in [0.2, 0.25) is 0 Å². The van der Waals surface area contributed by atoms with Gasteiger partial charge in [0.15, 0.2) is 6.29 Å². The van der Waals surface area contributed by atoms with Crippen molar-refractivity contribution in [3.63, 3.8) is 0 Å². The summed E-state index contributed by atoms with van der Waals surface area (Å²) in [6.45, 7) is 1.85. The third-order valence-electron chi connectivity index (χ3n) is 5.47. The predicted molar refractivity (Wildman–Crippen MR) is 86.2 cm³/mol. The lowest BCUT2D eigenvalue weighted by molar-refractivity contribution is -0.230. The average Bonchev–Trinajstić information content (AvgIpc) is 3.11.